The summed E-state index contributed by atoms with van der Waals surface area (Å²) in [4.78, 5) is 11.8. The van der Waals surface area contributed by atoms with Crippen molar-refractivity contribution in [2.45, 2.75) is 6.92 Å². The van der Waals surface area contributed by atoms with Crippen molar-refractivity contribution in [2.24, 2.45) is 0 Å². The van der Waals surface area contributed by atoms with E-state index in [9.17, 15) is 4.79 Å². The maximum atomic E-state index is 11.8. The number of benzene rings is 1. The van der Waals surface area contributed by atoms with E-state index in [1.165, 1.54) is 0 Å². The van der Waals surface area contributed by atoms with Gasteiger partial charge in [-0.05, 0) is 43.8 Å². The highest BCUT2D eigenvalue weighted by Gasteiger charge is 2.05. The number of carbonyl (C=O) groups is 1. The first-order valence-electron chi connectivity index (χ1n) is 6.25. The molecule has 0 spiro atoms. The second kappa shape index (κ2) is 7.67. The van der Waals surface area contributed by atoms with Crippen molar-refractivity contribution in [1.82, 2.24) is 20.4 Å². The second-order valence-electron chi connectivity index (χ2n) is 4.37. The number of likely N-dealkylation sites (N-methyl/N-ethyl adjacent to an activating group) is 1. The van der Waals surface area contributed by atoms with Crippen LogP contribution in [0.1, 0.15) is 15.9 Å². The zero-order chi connectivity index (χ0) is 13.7. The molecule has 0 unspecified atom stereocenters. The van der Waals surface area contributed by atoms with Gasteiger partial charge >= 0.3 is 0 Å². The molecule has 1 amide bonds. The smallest absolute Gasteiger partial charge is 0.251 e. The van der Waals surface area contributed by atoms with Crippen LogP contribution >= 0.6 is 12.4 Å². The van der Waals surface area contributed by atoms with Crippen molar-refractivity contribution in [1.29, 1.82) is 0 Å². The van der Waals surface area contributed by atoms with E-state index in [1.807, 2.05) is 32.3 Å². The van der Waals surface area contributed by atoms with E-state index in [-0.39, 0.29) is 18.3 Å². The molecule has 108 valence electrons. The van der Waals surface area contributed by atoms with E-state index in [0.29, 0.717) is 12.1 Å². The van der Waals surface area contributed by atoms with E-state index in [0.717, 1.165) is 17.8 Å². The van der Waals surface area contributed by atoms with Crippen LogP contribution in [0.15, 0.2) is 36.7 Å². The summed E-state index contributed by atoms with van der Waals surface area (Å²) in [5.74, 6) is -0.0570. The molecular formula is C14H19ClN4O. The second-order valence-corrected chi connectivity index (χ2v) is 4.37. The van der Waals surface area contributed by atoms with Gasteiger partial charge < -0.3 is 10.6 Å². The summed E-state index contributed by atoms with van der Waals surface area (Å²) in [6, 6.07) is 7.39. The average Bonchev–Trinajstić information content (AvgIpc) is 2.86. The fourth-order valence-corrected chi connectivity index (χ4v) is 1.72. The fourth-order valence-electron chi connectivity index (χ4n) is 1.72. The number of nitrogens with zero attached hydrogens (tertiary/aromatic N) is 2. The summed E-state index contributed by atoms with van der Waals surface area (Å²) in [5, 5.41) is 10.0. The van der Waals surface area contributed by atoms with Crippen LogP contribution in [0, 0.1) is 6.92 Å². The highest BCUT2D eigenvalue weighted by molar-refractivity contribution is 5.94. The van der Waals surface area contributed by atoms with Crippen molar-refractivity contribution in [3.05, 3.63) is 47.8 Å². The molecule has 1 aromatic heterocycles. The Morgan fingerprint density at radius 3 is 2.50 bits per heavy atom. The van der Waals surface area contributed by atoms with Crippen LogP contribution in [0.25, 0.3) is 5.69 Å². The summed E-state index contributed by atoms with van der Waals surface area (Å²) in [6.07, 6.45) is 3.75. The number of aryl methyl sites for hydroxylation is 1. The average molecular weight is 295 g/mol. The molecule has 0 aliphatic carbocycles. The van der Waals surface area contributed by atoms with Crippen LogP contribution in [-0.2, 0) is 0 Å². The predicted octanol–water partition coefficient (Wildman–Crippen LogP) is 1.55. The topological polar surface area (TPSA) is 58.9 Å². The van der Waals surface area contributed by atoms with Gasteiger partial charge in [0.05, 0.1) is 11.9 Å². The molecule has 0 aliphatic heterocycles. The van der Waals surface area contributed by atoms with Gasteiger partial charge in [0.15, 0.2) is 0 Å². The fraction of sp³-hybridized carbons (Fsp3) is 0.286. The van der Waals surface area contributed by atoms with Gasteiger partial charge in [0, 0.05) is 24.8 Å². The van der Waals surface area contributed by atoms with Gasteiger partial charge in [0.2, 0.25) is 0 Å². The Kier molecular flexibility index (Phi) is 6.21. The standard InChI is InChI=1S/C14H18N4O.ClH/c1-11-9-17-18(10-11)13-5-3-12(4-6-13)14(19)16-8-7-15-2;/h3-6,9-10,15H,7-8H2,1-2H3,(H,16,19);1H. The molecule has 2 aromatic rings. The minimum atomic E-state index is -0.0570. The molecule has 6 heteroatoms. The highest BCUT2D eigenvalue weighted by Crippen LogP contribution is 2.09. The van der Waals surface area contributed by atoms with Gasteiger partial charge in [-0.2, -0.15) is 5.10 Å². The van der Waals surface area contributed by atoms with E-state index >= 15 is 0 Å². The van der Waals surface area contributed by atoms with Gasteiger partial charge in [0.1, 0.15) is 0 Å². The molecule has 1 aromatic carbocycles. The Morgan fingerprint density at radius 1 is 1.25 bits per heavy atom. The van der Waals surface area contributed by atoms with E-state index in [2.05, 4.69) is 15.7 Å². The number of halogens is 1. The van der Waals surface area contributed by atoms with Crippen molar-refractivity contribution in [2.75, 3.05) is 20.1 Å². The van der Waals surface area contributed by atoms with Crippen molar-refractivity contribution < 1.29 is 4.79 Å². The lowest BCUT2D eigenvalue weighted by Crippen LogP contribution is -2.30. The largest absolute Gasteiger partial charge is 0.351 e. The van der Waals surface area contributed by atoms with Crippen molar-refractivity contribution in [3.63, 3.8) is 0 Å². The Labute approximate surface area is 124 Å². The quantitative estimate of drug-likeness (QED) is 0.823. The molecule has 0 saturated carbocycles. The van der Waals surface area contributed by atoms with Gasteiger partial charge in [-0.25, -0.2) is 4.68 Å². The number of rotatable bonds is 5. The lowest BCUT2D eigenvalue weighted by Gasteiger charge is -2.06. The molecule has 0 aliphatic rings. The number of amides is 1. The van der Waals surface area contributed by atoms with E-state index < -0.39 is 0 Å². The SMILES string of the molecule is CNCCNC(=O)c1ccc(-n2cc(C)cn2)cc1.Cl. The zero-order valence-electron chi connectivity index (χ0n) is 11.6. The molecule has 0 atom stereocenters. The predicted molar refractivity (Wildman–Crippen MR) is 81.8 cm³/mol. The monoisotopic (exact) mass is 294 g/mol. The number of nitrogens with one attached hydrogen (secondary N) is 2. The van der Waals surface area contributed by atoms with E-state index in [4.69, 9.17) is 0 Å². The molecule has 20 heavy (non-hydrogen) atoms. The number of aromatic nitrogens is 2. The Bertz CT molecular complexity index is 551. The zero-order valence-corrected chi connectivity index (χ0v) is 12.4. The van der Waals surface area contributed by atoms with Crippen LogP contribution in [0.2, 0.25) is 0 Å². The highest BCUT2D eigenvalue weighted by atomic mass is 35.5. The molecule has 0 radical (unpaired) electrons. The number of hydrogen-bond donors (Lipinski definition) is 2. The van der Waals surface area contributed by atoms with Crippen LogP contribution < -0.4 is 10.6 Å². The van der Waals surface area contributed by atoms with Crippen molar-refractivity contribution >= 4 is 18.3 Å². The first kappa shape index (κ1) is 16.2. The molecule has 2 rings (SSSR count). The lowest BCUT2D eigenvalue weighted by molar-refractivity contribution is 0.0954. The summed E-state index contributed by atoms with van der Waals surface area (Å²) >= 11 is 0. The molecule has 2 N–H and O–H groups in total. The summed E-state index contributed by atoms with van der Waals surface area (Å²) in [6.45, 7) is 3.37. The Morgan fingerprint density at radius 2 is 1.95 bits per heavy atom. The number of carbonyl (C=O) groups excluding carboxylic acids is 1. The third kappa shape index (κ3) is 4.08. The van der Waals surface area contributed by atoms with Crippen LogP contribution in [0.5, 0.6) is 0 Å². The minimum absolute atomic E-state index is 0. The Balaban J connectivity index is 0.00000200. The van der Waals surface area contributed by atoms with Gasteiger partial charge in [-0.1, -0.05) is 0 Å². The van der Waals surface area contributed by atoms with Crippen LogP contribution in [-0.4, -0.2) is 35.8 Å². The third-order valence-electron chi connectivity index (χ3n) is 2.77. The third-order valence-corrected chi connectivity index (χ3v) is 2.77. The first-order chi connectivity index (χ1) is 9.20. The molecule has 5 nitrogen and oxygen atoms in total. The lowest BCUT2D eigenvalue weighted by atomic mass is 10.2. The number of hydrogen-bond acceptors (Lipinski definition) is 3. The first-order valence-corrected chi connectivity index (χ1v) is 6.25. The van der Waals surface area contributed by atoms with Crippen LogP contribution in [0.3, 0.4) is 0 Å². The molecule has 0 fully saturated rings. The maximum Gasteiger partial charge on any atom is 0.251 e. The normalized spacial score (nSPS) is 9.90. The van der Waals surface area contributed by atoms with Gasteiger partial charge in [-0.3, -0.25) is 4.79 Å². The van der Waals surface area contributed by atoms with Crippen molar-refractivity contribution in [3.8, 4) is 5.69 Å². The molecular weight excluding hydrogens is 276 g/mol. The summed E-state index contributed by atoms with van der Waals surface area (Å²) in [5.41, 5.74) is 2.71. The summed E-state index contributed by atoms with van der Waals surface area (Å²) in [7, 11) is 1.85. The Hall–Kier alpha value is -1.85. The molecule has 1 heterocycles. The maximum absolute atomic E-state index is 11.8. The molecule has 0 saturated heterocycles. The van der Waals surface area contributed by atoms with Gasteiger partial charge in [0.25, 0.3) is 5.91 Å². The molecule has 0 bridgehead atoms. The minimum Gasteiger partial charge on any atom is -0.351 e. The van der Waals surface area contributed by atoms with Crippen LogP contribution in [0.4, 0.5) is 0 Å². The summed E-state index contributed by atoms with van der Waals surface area (Å²) < 4.78 is 1.79. The van der Waals surface area contributed by atoms with E-state index in [1.54, 1.807) is 23.0 Å². The van der Waals surface area contributed by atoms with Gasteiger partial charge in [-0.15, -0.1) is 12.4 Å².